The van der Waals surface area contributed by atoms with Gasteiger partial charge in [0.2, 0.25) is 0 Å². The number of rotatable bonds is 28. The van der Waals surface area contributed by atoms with Gasteiger partial charge < -0.3 is 10.1 Å². The highest BCUT2D eigenvalue weighted by Gasteiger charge is 2.11. The van der Waals surface area contributed by atoms with Crippen LogP contribution in [0.4, 0.5) is 0 Å². The van der Waals surface area contributed by atoms with E-state index in [-0.39, 0.29) is 13.2 Å². The molecule has 0 aliphatic carbocycles. The summed E-state index contributed by atoms with van der Waals surface area (Å²) in [5.74, 6) is 0. The molecule has 0 unspecified atom stereocenters. The topological polar surface area (TPSA) is 73.9 Å². The van der Waals surface area contributed by atoms with Crippen molar-refractivity contribution in [2.24, 2.45) is 0 Å². The second-order valence-corrected chi connectivity index (χ2v) is 12.5. The summed E-state index contributed by atoms with van der Waals surface area (Å²) >= 11 is 0. The van der Waals surface area contributed by atoms with Crippen molar-refractivity contribution in [2.75, 3.05) is 39.5 Å². The summed E-state index contributed by atoms with van der Waals surface area (Å²) in [5.41, 5.74) is 0. The molecule has 1 rings (SSSR count). The van der Waals surface area contributed by atoms with Gasteiger partial charge in [0, 0.05) is 13.1 Å². The van der Waals surface area contributed by atoms with Crippen LogP contribution in [0, 0.1) is 0 Å². The Balaban J connectivity index is 0.00000210. The van der Waals surface area contributed by atoms with Crippen LogP contribution in [0.2, 0.25) is 0 Å². The van der Waals surface area contributed by atoms with Gasteiger partial charge in [-0.15, -0.1) is 0 Å². The maximum Gasteiger partial charge on any atom is 0.399 e. The number of hydrogen-bond donors (Lipinski definition) is 1. The lowest BCUT2D eigenvalue weighted by Crippen LogP contribution is -2.30. The molecule has 236 valence electrons. The fraction of sp³-hybridized carbons (Fsp3) is 1.00. The molecular weight excluding hydrogens is 510 g/mol. The third-order valence-electron chi connectivity index (χ3n) is 7.30. The number of morpholine rings is 1. The Hall–Kier alpha value is -0.210. The van der Waals surface area contributed by atoms with Gasteiger partial charge >= 0.3 is 10.4 Å². The maximum absolute atomic E-state index is 11.8. The molecule has 1 aliphatic heterocycles. The first-order valence-corrected chi connectivity index (χ1v) is 18.3. The van der Waals surface area contributed by atoms with Crippen molar-refractivity contribution >= 4 is 10.4 Å². The molecular formula is C32H67NO5S. The predicted octanol–water partition coefficient (Wildman–Crippen LogP) is 9.27. The summed E-state index contributed by atoms with van der Waals surface area (Å²) in [6, 6.07) is 0. The van der Waals surface area contributed by atoms with Crippen LogP contribution >= 0.6 is 0 Å². The smallest absolute Gasteiger partial charge is 0.379 e. The Bertz CT molecular complexity index is 507. The van der Waals surface area contributed by atoms with E-state index in [2.05, 4.69) is 19.2 Å². The molecule has 1 heterocycles. The summed E-state index contributed by atoms with van der Waals surface area (Å²) in [6.07, 6.45) is 30.2. The zero-order valence-corrected chi connectivity index (χ0v) is 27.0. The van der Waals surface area contributed by atoms with Crippen LogP contribution in [0.3, 0.4) is 0 Å². The van der Waals surface area contributed by atoms with Crippen LogP contribution in [-0.4, -0.2) is 47.9 Å². The van der Waals surface area contributed by atoms with E-state index in [9.17, 15) is 8.42 Å². The number of nitrogens with one attached hydrogen (secondary N) is 1. The van der Waals surface area contributed by atoms with Gasteiger partial charge in [-0.05, 0) is 12.8 Å². The fourth-order valence-corrected chi connectivity index (χ4v) is 5.47. The van der Waals surface area contributed by atoms with Crippen LogP contribution in [-0.2, 0) is 23.5 Å². The third kappa shape index (κ3) is 33.9. The molecule has 39 heavy (non-hydrogen) atoms. The molecule has 1 saturated heterocycles. The Morgan fingerprint density at radius 3 is 1.00 bits per heavy atom. The molecule has 1 fully saturated rings. The first-order chi connectivity index (χ1) is 19.1. The molecule has 0 atom stereocenters. The number of hydrogen-bond acceptors (Lipinski definition) is 6. The zero-order valence-electron chi connectivity index (χ0n) is 26.2. The number of unbranched alkanes of at least 4 members (excludes halogenated alkanes) is 22. The normalized spacial score (nSPS) is 13.8. The SMILES string of the molecule is C1COCCN1.CCCCCCCCCCCCCCOS(=O)(=O)OCCCCCCCCCCCCCC. The first kappa shape index (κ1) is 38.8. The molecule has 7 heteroatoms. The van der Waals surface area contributed by atoms with Crippen molar-refractivity contribution in [2.45, 2.75) is 168 Å². The van der Waals surface area contributed by atoms with E-state index in [1.165, 1.54) is 128 Å². The molecule has 0 aromatic carbocycles. The number of ether oxygens (including phenoxy) is 1. The molecule has 0 radical (unpaired) electrons. The summed E-state index contributed by atoms with van der Waals surface area (Å²) in [4.78, 5) is 0. The van der Waals surface area contributed by atoms with E-state index in [4.69, 9.17) is 13.1 Å². The average molecular weight is 578 g/mol. The lowest BCUT2D eigenvalue weighted by Gasteiger charge is -2.10. The van der Waals surface area contributed by atoms with E-state index in [0.717, 1.165) is 52.0 Å². The molecule has 0 aromatic heterocycles. The minimum Gasteiger partial charge on any atom is -0.379 e. The highest BCUT2D eigenvalue weighted by atomic mass is 32.3. The standard InChI is InChI=1S/C28H58O4S.C4H9NO/c1-3-5-7-9-11-13-15-17-19-21-23-25-27-31-33(29,30)32-28-26-24-22-20-18-16-14-12-10-8-6-4-2;1-3-6-4-2-5-1/h3-28H2,1-2H3;5H,1-4H2. The minimum absolute atomic E-state index is 0.248. The van der Waals surface area contributed by atoms with Crippen molar-refractivity contribution in [3.05, 3.63) is 0 Å². The quantitative estimate of drug-likeness (QED) is 0.0934. The highest BCUT2D eigenvalue weighted by Crippen LogP contribution is 2.14. The van der Waals surface area contributed by atoms with Crippen molar-refractivity contribution in [1.82, 2.24) is 5.32 Å². The molecule has 1 aliphatic rings. The Kier molecular flexibility index (Phi) is 32.1. The van der Waals surface area contributed by atoms with E-state index < -0.39 is 10.4 Å². The Morgan fingerprint density at radius 1 is 0.487 bits per heavy atom. The van der Waals surface area contributed by atoms with Gasteiger partial charge in [-0.25, -0.2) is 8.37 Å². The van der Waals surface area contributed by atoms with Gasteiger partial charge in [-0.2, -0.15) is 8.42 Å². The lowest BCUT2D eigenvalue weighted by molar-refractivity contribution is 0.109. The lowest BCUT2D eigenvalue weighted by atomic mass is 10.1. The van der Waals surface area contributed by atoms with Crippen LogP contribution in [0.1, 0.15) is 168 Å². The van der Waals surface area contributed by atoms with Crippen molar-refractivity contribution < 1.29 is 21.5 Å². The highest BCUT2D eigenvalue weighted by molar-refractivity contribution is 7.81. The average Bonchev–Trinajstić information content (AvgIpc) is 2.95. The predicted molar refractivity (Wildman–Crippen MR) is 167 cm³/mol. The molecule has 0 aromatic rings. The Labute approximate surface area is 244 Å². The van der Waals surface area contributed by atoms with Crippen molar-refractivity contribution in [3.8, 4) is 0 Å². The first-order valence-electron chi connectivity index (χ1n) is 16.9. The summed E-state index contributed by atoms with van der Waals surface area (Å²) < 4.78 is 38.5. The molecule has 0 amide bonds. The minimum atomic E-state index is -3.81. The second kappa shape index (κ2) is 32.3. The van der Waals surface area contributed by atoms with Crippen LogP contribution in [0.15, 0.2) is 0 Å². The van der Waals surface area contributed by atoms with Crippen molar-refractivity contribution in [3.63, 3.8) is 0 Å². The van der Waals surface area contributed by atoms with Gasteiger partial charge in [0.1, 0.15) is 0 Å². The third-order valence-corrected chi connectivity index (χ3v) is 8.21. The van der Waals surface area contributed by atoms with E-state index in [1.54, 1.807) is 0 Å². The molecule has 0 bridgehead atoms. The second-order valence-electron chi connectivity index (χ2n) is 11.2. The molecule has 0 spiro atoms. The molecule has 0 saturated carbocycles. The monoisotopic (exact) mass is 577 g/mol. The van der Waals surface area contributed by atoms with Crippen LogP contribution in [0.5, 0.6) is 0 Å². The van der Waals surface area contributed by atoms with E-state index in [0.29, 0.717) is 0 Å². The van der Waals surface area contributed by atoms with Crippen molar-refractivity contribution in [1.29, 1.82) is 0 Å². The van der Waals surface area contributed by atoms with Gasteiger partial charge in [0.05, 0.1) is 26.4 Å². The molecule has 6 nitrogen and oxygen atoms in total. The summed E-state index contributed by atoms with van der Waals surface area (Å²) in [7, 11) is -3.81. The van der Waals surface area contributed by atoms with E-state index >= 15 is 0 Å². The van der Waals surface area contributed by atoms with Gasteiger partial charge in [0.15, 0.2) is 0 Å². The molecule has 1 N–H and O–H groups in total. The zero-order chi connectivity index (χ0) is 28.5. The van der Waals surface area contributed by atoms with Crippen LogP contribution in [0.25, 0.3) is 0 Å². The fourth-order valence-electron chi connectivity index (χ4n) is 4.76. The summed E-state index contributed by atoms with van der Waals surface area (Å²) in [6.45, 7) is 8.85. The van der Waals surface area contributed by atoms with Gasteiger partial charge in [0.25, 0.3) is 0 Å². The van der Waals surface area contributed by atoms with E-state index in [1.807, 2.05) is 0 Å². The van der Waals surface area contributed by atoms with Gasteiger partial charge in [-0.3, -0.25) is 0 Å². The largest absolute Gasteiger partial charge is 0.399 e. The van der Waals surface area contributed by atoms with Gasteiger partial charge in [-0.1, -0.05) is 155 Å². The maximum atomic E-state index is 11.8. The van der Waals surface area contributed by atoms with Crippen LogP contribution < -0.4 is 5.32 Å². The summed E-state index contributed by atoms with van der Waals surface area (Å²) in [5, 5.41) is 3.16. The Morgan fingerprint density at radius 2 is 0.769 bits per heavy atom.